The zero-order valence-electron chi connectivity index (χ0n) is 21.6. The van der Waals surface area contributed by atoms with Crippen molar-refractivity contribution in [1.29, 1.82) is 0 Å². The van der Waals surface area contributed by atoms with Crippen LogP contribution in [0.25, 0.3) is 0 Å². The lowest BCUT2D eigenvalue weighted by molar-refractivity contribution is 0.140. The zero-order valence-corrected chi connectivity index (χ0v) is 23.3. The van der Waals surface area contributed by atoms with Crippen LogP contribution in [0.5, 0.6) is 0 Å². The predicted molar refractivity (Wildman–Crippen MR) is 153 cm³/mol. The van der Waals surface area contributed by atoms with E-state index in [1.165, 1.54) is 22.5 Å². The van der Waals surface area contributed by atoms with Crippen molar-refractivity contribution in [2.24, 2.45) is 0 Å². The first-order valence-corrected chi connectivity index (χ1v) is 14.5. The number of hydrogen-bond acceptors (Lipinski definition) is 6. The SMILES string of the molecule is CCC(C)S(=O)(=O)NCCCCNC(=O)OCc1cncs1.Cc1ccccc1.Cc1ccccc1.[HH].[HH]. The Balaban J connectivity index is 0. The number of aromatic nitrogens is 1. The molecular formula is C27H43N3O4S2. The van der Waals surface area contributed by atoms with E-state index in [2.05, 4.69) is 53.1 Å². The first-order chi connectivity index (χ1) is 17.2. The van der Waals surface area contributed by atoms with Gasteiger partial charge in [0.1, 0.15) is 6.61 Å². The number of nitrogens with zero attached hydrogens (tertiary/aromatic N) is 1. The van der Waals surface area contributed by atoms with Gasteiger partial charge in [-0.15, -0.1) is 11.3 Å². The van der Waals surface area contributed by atoms with Gasteiger partial charge in [-0.05, 0) is 40.0 Å². The van der Waals surface area contributed by atoms with E-state index < -0.39 is 16.1 Å². The monoisotopic (exact) mass is 537 g/mol. The minimum Gasteiger partial charge on any atom is -0.444 e. The Hall–Kier alpha value is -2.75. The fraction of sp³-hybridized carbons (Fsp3) is 0.407. The van der Waals surface area contributed by atoms with E-state index in [-0.39, 0.29) is 14.7 Å². The van der Waals surface area contributed by atoms with Gasteiger partial charge in [-0.1, -0.05) is 78.7 Å². The molecule has 202 valence electrons. The van der Waals surface area contributed by atoms with Crippen molar-refractivity contribution < 1.29 is 20.8 Å². The molecule has 0 spiro atoms. The van der Waals surface area contributed by atoms with Gasteiger partial charge < -0.3 is 10.1 Å². The number of amides is 1. The third-order valence-electron chi connectivity index (χ3n) is 4.99. The molecule has 9 heteroatoms. The highest BCUT2D eigenvalue weighted by atomic mass is 32.2. The van der Waals surface area contributed by atoms with Crippen LogP contribution in [0.4, 0.5) is 4.79 Å². The minimum atomic E-state index is -3.21. The average Bonchev–Trinajstić information content (AvgIpc) is 3.40. The molecule has 3 rings (SSSR count). The summed E-state index contributed by atoms with van der Waals surface area (Å²) >= 11 is 1.42. The van der Waals surface area contributed by atoms with E-state index in [1.54, 1.807) is 18.6 Å². The highest BCUT2D eigenvalue weighted by Crippen LogP contribution is 2.06. The molecule has 3 aromatic rings. The lowest BCUT2D eigenvalue weighted by Gasteiger charge is -2.11. The smallest absolute Gasteiger partial charge is 0.407 e. The number of rotatable bonds is 10. The summed E-state index contributed by atoms with van der Waals surface area (Å²) in [6.07, 6.45) is 3.10. The Morgan fingerprint density at radius 2 is 1.56 bits per heavy atom. The van der Waals surface area contributed by atoms with Gasteiger partial charge >= 0.3 is 6.09 Å². The molecule has 1 heterocycles. The standard InChI is InChI=1S/C13H23N3O4S2.2C7H8.2H2/c1-3-11(2)22(18,19)16-7-5-4-6-15-13(17)20-9-12-8-14-10-21-12;2*1-7-5-3-2-4-6-7;;/h8,10-11,16H,3-7,9H2,1-2H3,(H,15,17);2*2-6H,1H3;2*1H. The fourth-order valence-electron chi connectivity index (χ4n) is 2.59. The van der Waals surface area contributed by atoms with Crippen LogP contribution in [0, 0.1) is 13.8 Å². The highest BCUT2D eigenvalue weighted by molar-refractivity contribution is 7.90. The van der Waals surface area contributed by atoms with Gasteiger partial charge in [-0.25, -0.2) is 17.9 Å². The lowest BCUT2D eigenvalue weighted by atomic mass is 10.2. The van der Waals surface area contributed by atoms with Crippen LogP contribution in [0.15, 0.2) is 72.4 Å². The minimum absolute atomic E-state index is 0. The molecule has 1 unspecified atom stereocenters. The second kappa shape index (κ2) is 18.5. The maximum absolute atomic E-state index is 11.7. The van der Waals surface area contributed by atoms with Gasteiger partial charge in [0.25, 0.3) is 0 Å². The Kier molecular flexibility index (Phi) is 16.1. The van der Waals surface area contributed by atoms with Crippen LogP contribution >= 0.6 is 11.3 Å². The number of thiazole rings is 1. The third kappa shape index (κ3) is 15.3. The number of sulfonamides is 1. The summed E-state index contributed by atoms with van der Waals surface area (Å²) in [6.45, 7) is 8.73. The van der Waals surface area contributed by atoms with Crippen molar-refractivity contribution in [3.8, 4) is 0 Å². The Morgan fingerprint density at radius 3 is 2.00 bits per heavy atom. The summed E-state index contributed by atoms with van der Waals surface area (Å²) < 4.78 is 31.0. The molecule has 0 aliphatic carbocycles. The molecule has 0 radical (unpaired) electrons. The summed E-state index contributed by atoms with van der Waals surface area (Å²) in [6, 6.07) is 20.5. The number of unbranched alkanes of at least 4 members (excludes halogenated alkanes) is 1. The van der Waals surface area contributed by atoms with Crippen LogP contribution < -0.4 is 10.0 Å². The Morgan fingerprint density at radius 1 is 1.00 bits per heavy atom. The number of aryl methyl sites for hydroxylation is 2. The summed E-state index contributed by atoms with van der Waals surface area (Å²) in [5.74, 6) is 0. The predicted octanol–water partition coefficient (Wildman–Crippen LogP) is 6.35. The van der Waals surface area contributed by atoms with Crippen molar-refractivity contribution in [3.05, 3.63) is 88.4 Å². The number of ether oxygens (including phenoxy) is 1. The van der Waals surface area contributed by atoms with Crippen molar-refractivity contribution in [1.82, 2.24) is 15.0 Å². The molecule has 1 aromatic heterocycles. The molecule has 2 N–H and O–H groups in total. The molecule has 1 amide bonds. The molecular weight excluding hydrogens is 494 g/mol. The summed E-state index contributed by atoms with van der Waals surface area (Å²) in [4.78, 5) is 16.2. The van der Waals surface area contributed by atoms with Gasteiger partial charge in [0.05, 0.1) is 15.6 Å². The molecule has 7 nitrogen and oxygen atoms in total. The molecule has 36 heavy (non-hydrogen) atoms. The van der Waals surface area contributed by atoms with E-state index in [9.17, 15) is 13.2 Å². The van der Waals surface area contributed by atoms with E-state index in [0.717, 1.165) is 4.88 Å². The second-order valence-electron chi connectivity index (χ2n) is 8.15. The van der Waals surface area contributed by atoms with Crippen LogP contribution in [0.1, 0.15) is 52.0 Å². The molecule has 0 aliphatic heterocycles. The normalized spacial score (nSPS) is 11.2. The van der Waals surface area contributed by atoms with E-state index >= 15 is 0 Å². The highest BCUT2D eigenvalue weighted by Gasteiger charge is 2.17. The second-order valence-corrected chi connectivity index (χ2v) is 11.3. The molecule has 0 fully saturated rings. The van der Waals surface area contributed by atoms with Crippen molar-refractivity contribution in [2.45, 2.75) is 58.8 Å². The largest absolute Gasteiger partial charge is 0.444 e. The number of hydrogen-bond donors (Lipinski definition) is 2. The van der Waals surface area contributed by atoms with Gasteiger partial charge in [-0.2, -0.15) is 0 Å². The molecule has 0 saturated heterocycles. The first-order valence-electron chi connectivity index (χ1n) is 12.0. The van der Waals surface area contributed by atoms with E-state index in [4.69, 9.17) is 4.74 Å². The zero-order chi connectivity index (χ0) is 26.7. The van der Waals surface area contributed by atoms with Gasteiger partial charge in [-0.3, -0.25) is 4.98 Å². The maximum atomic E-state index is 11.7. The van der Waals surface area contributed by atoms with Crippen LogP contribution in [0.3, 0.4) is 0 Å². The molecule has 1 atom stereocenters. The number of alkyl carbamates (subject to hydrolysis) is 1. The van der Waals surface area contributed by atoms with E-state index in [1.807, 2.05) is 43.3 Å². The number of nitrogens with one attached hydrogen (secondary N) is 2. The van der Waals surface area contributed by atoms with Crippen LogP contribution in [-0.2, 0) is 21.4 Å². The Bertz CT molecular complexity index is 1020. The summed E-state index contributed by atoms with van der Waals surface area (Å²) in [5.41, 5.74) is 4.32. The fourth-order valence-corrected chi connectivity index (χ4v) is 4.24. The lowest BCUT2D eigenvalue weighted by Crippen LogP contribution is -2.33. The number of benzene rings is 2. The molecule has 2 aromatic carbocycles. The first kappa shape index (κ1) is 31.3. The van der Waals surface area contributed by atoms with E-state index in [0.29, 0.717) is 32.4 Å². The third-order valence-corrected chi connectivity index (χ3v) is 7.74. The van der Waals surface area contributed by atoms with Crippen molar-refractivity contribution in [2.75, 3.05) is 13.1 Å². The van der Waals surface area contributed by atoms with Crippen molar-refractivity contribution >= 4 is 27.5 Å². The quantitative estimate of drug-likeness (QED) is 0.294. The number of carbonyl (C=O) groups excluding carboxylic acids is 1. The topological polar surface area (TPSA) is 97.4 Å². The molecule has 0 aliphatic rings. The molecule has 0 saturated carbocycles. The maximum Gasteiger partial charge on any atom is 0.407 e. The van der Waals surface area contributed by atoms with Crippen molar-refractivity contribution in [3.63, 3.8) is 0 Å². The summed E-state index contributed by atoms with van der Waals surface area (Å²) in [5, 5.41) is 2.24. The van der Waals surface area contributed by atoms with Gasteiger partial charge in [0, 0.05) is 22.1 Å². The average molecular weight is 538 g/mol. The van der Waals surface area contributed by atoms with Gasteiger partial charge in [0.2, 0.25) is 10.0 Å². The molecule has 0 bridgehead atoms. The van der Waals surface area contributed by atoms with Crippen LogP contribution in [-0.4, -0.2) is 37.8 Å². The van der Waals surface area contributed by atoms with Crippen LogP contribution in [0.2, 0.25) is 0 Å². The van der Waals surface area contributed by atoms with Gasteiger partial charge in [0.15, 0.2) is 0 Å². The number of carbonyl (C=O) groups is 1. The summed E-state index contributed by atoms with van der Waals surface area (Å²) in [7, 11) is -3.21. The Labute approximate surface area is 223 Å².